The first-order valence-electron chi connectivity index (χ1n) is 5.08. The van der Waals surface area contributed by atoms with E-state index in [2.05, 4.69) is 25.4 Å². The van der Waals surface area contributed by atoms with Gasteiger partial charge in [0.25, 0.3) is 5.78 Å². The van der Waals surface area contributed by atoms with E-state index in [4.69, 9.17) is 5.73 Å². The molecule has 7 nitrogen and oxygen atoms in total. The predicted molar refractivity (Wildman–Crippen MR) is 62.7 cm³/mol. The van der Waals surface area contributed by atoms with Gasteiger partial charge in [-0.15, -0.1) is 5.10 Å². The Bertz CT molecular complexity index is 691. The first-order valence-corrected chi connectivity index (χ1v) is 5.08. The highest BCUT2D eigenvalue weighted by Crippen LogP contribution is 2.14. The molecule has 0 aliphatic rings. The summed E-state index contributed by atoms with van der Waals surface area (Å²) in [5, 5.41) is 7.00. The van der Waals surface area contributed by atoms with Crippen molar-refractivity contribution >= 4 is 23.4 Å². The molecule has 0 saturated carbocycles. The van der Waals surface area contributed by atoms with Gasteiger partial charge in [-0.2, -0.15) is 14.5 Å². The Morgan fingerprint density at radius 1 is 1.17 bits per heavy atom. The molecule has 2 aromatic heterocycles. The van der Waals surface area contributed by atoms with E-state index in [1.54, 1.807) is 12.1 Å². The van der Waals surface area contributed by atoms with Gasteiger partial charge >= 0.3 is 0 Å². The third-order valence-corrected chi connectivity index (χ3v) is 2.27. The molecule has 90 valence electrons. The summed E-state index contributed by atoms with van der Waals surface area (Å²) < 4.78 is 14.1. The number of nitrogen functional groups attached to an aromatic ring is 1. The third kappa shape index (κ3) is 1.79. The Morgan fingerprint density at radius 2 is 1.94 bits per heavy atom. The number of fused-ring (bicyclic) bond motifs is 1. The monoisotopic (exact) mass is 245 g/mol. The summed E-state index contributed by atoms with van der Waals surface area (Å²) in [6, 6.07) is 5.84. The maximum atomic E-state index is 12.7. The fourth-order valence-corrected chi connectivity index (χ4v) is 1.45. The van der Waals surface area contributed by atoms with Gasteiger partial charge in [-0.1, -0.05) is 0 Å². The minimum atomic E-state index is -0.307. The lowest BCUT2D eigenvalue weighted by molar-refractivity contribution is 0.628. The first-order chi connectivity index (χ1) is 8.72. The molecule has 18 heavy (non-hydrogen) atoms. The van der Waals surface area contributed by atoms with E-state index in [1.807, 2.05) is 0 Å². The number of rotatable bonds is 2. The van der Waals surface area contributed by atoms with Gasteiger partial charge in [0.15, 0.2) is 0 Å². The van der Waals surface area contributed by atoms with Crippen LogP contribution < -0.4 is 11.1 Å². The van der Waals surface area contributed by atoms with E-state index in [9.17, 15) is 4.39 Å². The first kappa shape index (κ1) is 10.4. The highest BCUT2D eigenvalue weighted by Gasteiger charge is 2.07. The SMILES string of the molecule is Nc1ncnc2nc(Nc3ccc(F)cc3)nn12. The van der Waals surface area contributed by atoms with Crippen molar-refractivity contribution < 1.29 is 4.39 Å². The van der Waals surface area contributed by atoms with Crippen LogP contribution in [-0.2, 0) is 0 Å². The molecule has 2 heterocycles. The number of aromatic nitrogens is 5. The molecule has 0 aliphatic heterocycles. The summed E-state index contributed by atoms with van der Waals surface area (Å²) in [5.41, 5.74) is 6.28. The smallest absolute Gasteiger partial charge is 0.258 e. The highest BCUT2D eigenvalue weighted by molar-refractivity contribution is 5.54. The van der Waals surface area contributed by atoms with E-state index < -0.39 is 0 Å². The molecular weight excluding hydrogens is 237 g/mol. The van der Waals surface area contributed by atoms with Gasteiger partial charge < -0.3 is 11.1 Å². The molecule has 0 saturated heterocycles. The lowest BCUT2D eigenvalue weighted by atomic mass is 10.3. The topological polar surface area (TPSA) is 94.0 Å². The average Bonchev–Trinajstić information content (AvgIpc) is 2.76. The van der Waals surface area contributed by atoms with Crippen LogP contribution in [0.15, 0.2) is 30.6 Å². The van der Waals surface area contributed by atoms with Crippen molar-refractivity contribution in [3.05, 3.63) is 36.4 Å². The molecule has 0 unspecified atom stereocenters. The Labute approximate surface area is 101 Å². The van der Waals surface area contributed by atoms with Crippen molar-refractivity contribution in [3.8, 4) is 0 Å². The number of benzene rings is 1. The number of nitrogens with two attached hydrogens (primary N) is 1. The molecule has 0 amide bonds. The van der Waals surface area contributed by atoms with Crippen molar-refractivity contribution in [1.82, 2.24) is 24.6 Å². The van der Waals surface area contributed by atoms with Gasteiger partial charge in [0.1, 0.15) is 12.1 Å². The van der Waals surface area contributed by atoms with Crippen molar-refractivity contribution in [2.24, 2.45) is 0 Å². The average molecular weight is 245 g/mol. The minimum Gasteiger partial charge on any atom is -0.368 e. The van der Waals surface area contributed by atoms with Crippen molar-refractivity contribution in [2.75, 3.05) is 11.1 Å². The van der Waals surface area contributed by atoms with Crippen LogP contribution in [0.5, 0.6) is 0 Å². The number of anilines is 3. The van der Waals surface area contributed by atoms with E-state index in [0.29, 0.717) is 17.4 Å². The van der Waals surface area contributed by atoms with Crippen LogP contribution in [0.25, 0.3) is 5.78 Å². The second-order valence-electron chi connectivity index (χ2n) is 3.51. The van der Waals surface area contributed by atoms with E-state index >= 15 is 0 Å². The Balaban J connectivity index is 1.95. The fraction of sp³-hybridized carbons (Fsp3) is 0. The summed E-state index contributed by atoms with van der Waals surface area (Å²) >= 11 is 0. The van der Waals surface area contributed by atoms with Crippen LogP contribution in [0.3, 0.4) is 0 Å². The van der Waals surface area contributed by atoms with E-state index in [-0.39, 0.29) is 11.8 Å². The van der Waals surface area contributed by atoms with Gasteiger partial charge in [0.05, 0.1) is 0 Å². The largest absolute Gasteiger partial charge is 0.368 e. The molecule has 3 aromatic rings. The Hall–Kier alpha value is -2.77. The van der Waals surface area contributed by atoms with Crippen LogP contribution in [0.2, 0.25) is 0 Å². The van der Waals surface area contributed by atoms with Crippen molar-refractivity contribution in [2.45, 2.75) is 0 Å². The van der Waals surface area contributed by atoms with Gasteiger partial charge in [-0.05, 0) is 24.3 Å². The van der Waals surface area contributed by atoms with E-state index in [1.165, 1.54) is 23.0 Å². The fourth-order valence-electron chi connectivity index (χ4n) is 1.45. The zero-order valence-corrected chi connectivity index (χ0v) is 9.08. The van der Waals surface area contributed by atoms with E-state index in [0.717, 1.165) is 0 Å². The zero-order valence-electron chi connectivity index (χ0n) is 9.08. The molecule has 0 spiro atoms. The van der Waals surface area contributed by atoms with Gasteiger partial charge in [0, 0.05) is 5.69 Å². The van der Waals surface area contributed by atoms with Crippen LogP contribution in [0.1, 0.15) is 0 Å². The zero-order chi connectivity index (χ0) is 12.5. The second kappa shape index (κ2) is 3.91. The standard InChI is InChI=1S/C10H8FN7/c11-6-1-3-7(4-2-6)15-9-16-10-14-5-13-8(12)18(10)17-9/h1-5H,(H3,12,13,14,15,16,17). The van der Waals surface area contributed by atoms with Gasteiger partial charge in [-0.3, -0.25) is 0 Å². The van der Waals surface area contributed by atoms with Crippen LogP contribution in [-0.4, -0.2) is 24.6 Å². The number of halogens is 1. The number of nitrogens with one attached hydrogen (secondary N) is 1. The molecule has 0 aliphatic carbocycles. The van der Waals surface area contributed by atoms with Gasteiger partial charge in [-0.25, -0.2) is 9.37 Å². The third-order valence-electron chi connectivity index (χ3n) is 2.27. The molecule has 3 rings (SSSR count). The second-order valence-corrected chi connectivity index (χ2v) is 3.51. The van der Waals surface area contributed by atoms with Crippen LogP contribution >= 0.6 is 0 Å². The Kier molecular flexibility index (Phi) is 2.26. The lowest BCUT2D eigenvalue weighted by Crippen LogP contribution is -2.02. The predicted octanol–water partition coefficient (Wildman–Crippen LogP) is 0.984. The normalized spacial score (nSPS) is 10.7. The number of nitrogens with zero attached hydrogens (tertiary/aromatic N) is 5. The highest BCUT2D eigenvalue weighted by atomic mass is 19.1. The molecule has 0 fully saturated rings. The van der Waals surface area contributed by atoms with Crippen LogP contribution in [0, 0.1) is 5.82 Å². The maximum absolute atomic E-state index is 12.7. The molecule has 3 N–H and O–H groups in total. The molecule has 1 aromatic carbocycles. The summed E-state index contributed by atoms with van der Waals surface area (Å²) in [6.45, 7) is 0. The quantitative estimate of drug-likeness (QED) is 0.699. The summed E-state index contributed by atoms with van der Waals surface area (Å²) in [6.07, 6.45) is 1.31. The maximum Gasteiger partial charge on any atom is 0.258 e. The molecule has 8 heteroatoms. The summed E-state index contributed by atoms with van der Waals surface area (Å²) in [5.74, 6) is 0.541. The summed E-state index contributed by atoms with van der Waals surface area (Å²) in [7, 11) is 0. The lowest BCUT2D eigenvalue weighted by Gasteiger charge is -1.99. The molecular formula is C10H8FN7. The van der Waals surface area contributed by atoms with Gasteiger partial charge in [0.2, 0.25) is 11.9 Å². The molecule has 0 bridgehead atoms. The Morgan fingerprint density at radius 3 is 2.67 bits per heavy atom. The molecule has 0 atom stereocenters. The minimum absolute atomic E-state index is 0.194. The number of hydrogen-bond donors (Lipinski definition) is 2. The van der Waals surface area contributed by atoms with Crippen LogP contribution in [0.4, 0.5) is 22.0 Å². The number of hydrogen-bond acceptors (Lipinski definition) is 6. The molecule has 0 radical (unpaired) electrons. The van der Waals surface area contributed by atoms with Crippen molar-refractivity contribution in [3.63, 3.8) is 0 Å². The summed E-state index contributed by atoms with van der Waals surface area (Å²) in [4.78, 5) is 11.8. The van der Waals surface area contributed by atoms with Crippen molar-refractivity contribution in [1.29, 1.82) is 0 Å².